The van der Waals surface area contributed by atoms with Crippen LogP contribution < -0.4 is 0 Å². The van der Waals surface area contributed by atoms with Gasteiger partial charge in [-0.1, -0.05) is 0 Å². The minimum atomic E-state index is 0.675. The molecule has 0 spiro atoms. The van der Waals surface area contributed by atoms with Gasteiger partial charge in [0.1, 0.15) is 0 Å². The number of allylic oxidation sites excluding steroid dienone is 2. The summed E-state index contributed by atoms with van der Waals surface area (Å²) in [7, 11) is 1.79. The molecule has 0 aromatic carbocycles. The van der Waals surface area contributed by atoms with Gasteiger partial charge >= 0.3 is 142 Å². The second-order valence-corrected chi connectivity index (χ2v) is 5.04. The standard InChI is InChI=1S/C10H16O.5CO.W/c1-8-4-5-10(7-11-3)9(2)6-8;5*1-2;/h4,9-10H,5-6H2,1-3H3;;;;;;/t9-,10+;;;;;;/m0....../s1. The van der Waals surface area contributed by atoms with Crippen LogP contribution in [0.4, 0.5) is 0 Å². The Balaban J connectivity index is -0.0000000822. The van der Waals surface area contributed by atoms with E-state index in [0.29, 0.717) is 5.92 Å². The van der Waals surface area contributed by atoms with E-state index < -0.39 is 0 Å². The Hall–Kier alpha value is -1.04. The van der Waals surface area contributed by atoms with E-state index in [-0.39, 0.29) is 0 Å². The molecule has 1 rings (SSSR count). The molecule has 0 saturated carbocycles. The van der Waals surface area contributed by atoms with E-state index in [1.165, 1.54) is 41.9 Å². The molecule has 0 fully saturated rings. The zero-order valence-corrected chi connectivity index (χ0v) is 15.4. The molecule has 0 aromatic heterocycles. The molecule has 22 heavy (non-hydrogen) atoms. The summed E-state index contributed by atoms with van der Waals surface area (Å²) in [5.74, 6) is 1.44. The van der Waals surface area contributed by atoms with Crippen molar-refractivity contribution in [1.29, 1.82) is 0 Å². The van der Waals surface area contributed by atoms with Crippen molar-refractivity contribution in [2.45, 2.75) is 26.7 Å². The quantitative estimate of drug-likeness (QED) is 0.340. The topological polar surface area (TPSA) is 109 Å². The van der Waals surface area contributed by atoms with Gasteiger partial charge in [0.05, 0.1) is 0 Å². The van der Waals surface area contributed by atoms with Crippen LogP contribution in [-0.4, -0.2) is 11.2 Å². The number of rotatable bonds is 2. The second kappa shape index (κ2) is 32.1. The molecule has 0 N–H and O–H groups in total. The SMILES string of the molecule is CO[C](=[W])[C@H]1CC=C(C)C[C@@H]1C.[C-]#[O+].[C-]#[O+].[C-]#[O+].[C-]#[O+].[C-]#[O+]. The van der Waals surface area contributed by atoms with Crippen molar-refractivity contribution in [2.75, 3.05) is 7.11 Å². The van der Waals surface area contributed by atoms with Crippen molar-refractivity contribution in [2.24, 2.45) is 11.8 Å². The van der Waals surface area contributed by atoms with E-state index >= 15 is 0 Å². The molecule has 0 aromatic rings. The maximum absolute atomic E-state index is 7.50. The van der Waals surface area contributed by atoms with Crippen molar-refractivity contribution in [3.8, 4) is 0 Å². The fourth-order valence-electron chi connectivity index (χ4n) is 1.77. The molecule has 1 aliphatic rings. The van der Waals surface area contributed by atoms with Gasteiger partial charge in [-0.05, 0) is 0 Å². The first-order valence-corrected chi connectivity index (χ1v) is 6.87. The monoisotopic (exact) mass is 476 g/mol. The number of hydrogen-bond acceptors (Lipinski definition) is 1. The first-order valence-electron chi connectivity index (χ1n) is 5.40. The van der Waals surface area contributed by atoms with Gasteiger partial charge in [0.2, 0.25) is 0 Å². The minimum absolute atomic E-state index is 0.675. The van der Waals surface area contributed by atoms with Gasteiger partial charge in [-0.2, -0.15) is 0 Å². The van der Waals surface area contributed by atoms with Crippen molar-refractivity contribution < 1.29 is 47.4 Å². The summed E-state index contributed by atoms with van der Waals surface area (Å²) in [6.45, 7) is 27.0. The predicted octanol–water partition coefficient (Wildman–Crippen LogP) is 2.11. The third kappa shape index (κ3) is 19.0. The van der Waals surface area contributed by atoms with Crippen LogP contribution in [-0.2, 0) is 47.4 Å². The van der Waals surface area contributed by atoms with Crippen LogP contribution in [0, 0.1) is 45.1 Å². The first kappa shape index (κ1) is 32.8. The summed E-state index contributed by atoms with van der Waals surface area (Å²) in [5, 5.41) is 0. The van der Waals surface area contributed by atoms with Gasteiger partial charge < -0.3 is 0 Å². The molecular weight excluding hydrogens is 460 g/mol. The van der Waals surface area contributed by atoms with Gasteiger partial charge in [-0.3, -0.25) is 0 Å². The van der Waals surface area contributed by atoms with Crippen LogP contribution in [0.1, 0.15) is 26.7 Å². The Kier molecular flexibility index (Phi) is 47.8. The van der Waals surface area contributed by atoms with Crippen molar-refractivity contribution in [3.05, 3.63) is 44.9 Å². The molecule has 0 bridgehead atoms. The Bertz CT molecular complexity index is 354. The van der Waals surface area contributed by atoms with E-state index in [2.05, 4.69) is 53.2 Å². The zero-order valence-electron chi connectivity index (χ0n) is 12.5. The van der Waals surface area contributed by atoms with Crippen LogP contribution in [0.15, 0.2) is 11.6 Å². The average Bonchev–Trinajstić information content (AvgIpc) is 2.63. The van der Waals surface area contributed by atoms with Gasteiger partial charge in [-0.25, -0.2) is 0 Å². The molecular formula is C15H16O6W. The van der Waals surface area contributed by atoms with E-state index in [0.717, 1.165) is 5.92 Å². The van der Waals surface area contributed by atoms with E-state index in [9.17, 15) is 0 Å². The van der Waals surface area contributed by atoms with Crippen LogP contribution >= 0.6 is 0 Å². The number of ether oxygens (including phenoxy) is 1. The third-order valence-electron chi connectivity index (χ3n) is 2.56. The van der Waals surface area contributed by atoms with E-state index in [4.69, 9.17) is 28.0 Å². The molecule has 0 unspecified atom stereocenters. The van der Waals surface area contributed by atoms with Crippen molar-refractivity contribution in [3.63, 3.8) is 0 Å². The van der Waals surface area contributed by atoms with E-state index in [1.807, 2.05) is 0 Å². The fraction of sp³-hybridized carbons (Fsp3) is 0.467. The summed E-state index contributed by atoms with van der Waals surface area (Å²) in [4.78, 5) is 0. The van der Waals surface area contributed by atoms with Gasteiger partial charge in [0.25, 0.3) is 0 Å². The Morgan fingerprint density at radius 3 is 1.68 bits per heavy atom. The Morgan fingerprint density at radius 2 is 1.41 bits per heavy atom. The van der Waals surface area contributed by atoms with Crippen LogP contribution in [0.3, 0.4) is 0 Å². The van der Waals surface area contributed by atoms with Crippen LogP contribution in [0.25, 0.3) is 0 Å². The molecule has 2 atom stereocenters. The molecule has 0 aliphatic heterocycles. The fourth-order valence-corrected chi connectivity index (χ4v) is 2.95. The van der Waals surface area contributed by atoms with Crippen LogP contribution in [0.5, 0.6) is 0 Å². The summed E-state index contributed by atoms with van der Waals surface area (Å²) >= 11 is 1.48. The third-order valence-corrected chi connectivity index (χ3v) is 4.24. The van der Waals surface area contributed by atoms with Gasteiger partial charge in [-0.15, -0.1) is 0 Å². The summed E-state index contributed by atoms with van der Waals surface area (Å²) in [5.41, 5.74) is 1.54. The molecule has 0 saturated heterocycles. The van der Waals surface area contributed by atoms with Crippen molar-refractivity contribution >= 4 is 4.08 Å². The second-order valence-electron chi connectivity index (χ2n) is 3.60. The molecule has 1 aliphatic carbocycles. The molecule has 0 amide bonds. The number of methoxy groups -OCH3 is 1. The molecule has 0 radical (unpaired) electrons. The summed E-state index contributed by atoms with van der Waals surface area (Å²) in [6, 6.07) is 0. The first-order chi connectivity index (χ1) is 10.6. The van der Waals surface area contributed by atoms with Crippen molar-refractivity contribution in [1.82, 2.24) is 0 Å². The summed E-state index contributed by atoms with van der Waals surface area (Å²) in [6.07, 6.45) is 4.77. The van der Waals surface area contributed by atoms with Gasteiger partial charge in [0.15, 0.2) is 0 Å². The predicted molar refractivity (Wildman–Crippen MR) is 67.3 cm³/mol. The molecule has 7 heteroatoms. The molecule has 6 nitrogen and oxygen atoms in total. The zero-order chi connectivity index (χ0) is 19.1. The van der Waals surface area contributed by atoms with E-state index in [1.54, 1.807) is 7.11 Å². The molecule has 0 heterocycles. The molecule has 118 valence electrons. The average molecular weight is 476 g/mol. The van der Waals surface area contributed by atoms with Crippen LogP contribution in [0.2, 0.25) is 0 Å². The normalized spacial score (nSPS) is 16.7. The number of hydrogen-bond donors (Lipinski definition) is 0. The summed E-state index contributed by atoms with van der Waals surface area (Å²) < 4.78 is 44.1. The Labute approximate surface area is 142 Å². The van der Waals surface area contributed by atoms with Gasteiger partial charge in [0, 0.05) is 0 Å². The maximum atomic E-state index is 7.50. The Morgan fingerprint density at radius 1 is 1.05 bits per heavy atom.